The fourth-order valence-electron chi connectivity index (χ4n) is 0.790. The molecule has 1 atom stereocenters. The fourth-order valence-corrected chi connectivity index (χ4v) is 0.936. The van der Waals surface area contributed by atoms with Gasteiger partial charge in [0.05, 0.1) is 0 Å². The van der Waals surface area contributed by atoms with Gasteiger partial charge >= 0.3 is 0 Å². The van der Waals surface area contributed by atoms with E-state index in [0.717, 1.165) is 0 Å². The highest BCUT2D eigenvalue weighted by molar-refractivity contribution is 6.29. The average molecular weight is 239 g/mol. The van der Waals surface area contributed by atoms with Gasteiger partial charge in [-0.15, -0.1) is 12.4 Å². The first-order valence-corrected chi connectivity index (χ1v) is 4.27. The highest BCUT2D eigenvalue weighted by Gasteiger charge is 2.11. The third-order valence-corrected chi connectivity index (χ3v) is 1.73. The van der Waals surface area contributed by atoms with E-state index in [-0.39, 0.29) is 35.3 Å². The van der Waals surface area contributed by atoms with Crippen LogP contribution in [0, 0.1) is 0 Å². The number of amides is 1. The molecular formula is C8H12Cl2N2O2. The molecule has 0 aliphatic rings. The molecule has 0 unspecified atom stereocenters. The van der Waals surface area contributed by atoms with Crippen molar-refractivity contribution in [2.24, 2.45) is 5.73 Å². The number of rotatable bonds is 3. The Labute approximate surface area is 93.2 Å². The van der Waals surface area contributed by atoms with Gasteiger partial charge in [-0.05, 0) is 30.7 Å². The van der Waals surface area contributed by atoms with Gasteiger partial charge in [-0.2, -0.15) is 0 Å². The largest absolute Gasteiger partial charge is 0.440 e. The Balaban J connectivity index is 0.00000169. The summed E-state index contributed by atoms with van der Waals surface area (Å²) < 4.78 is 4.90. The van der Waals surface area contributed by atoms with Crippen LogP contribution in [0.15, 0.2) is 16.5 Å². The van der Waals surface area contributed by atoms with Crippen LogP contribution in [0.1, 0.15) is 17.5 Å². The summed E-state index contributed by atoms with van der Waals surface area (Å²) in [4.78, 5) is 11.3. The van der Waals surface area contributed by atoms with Crippen molar-refractivity contribution in [1.29, 1.82) is 0 Å². The molecule has 6 heteroatoms. The van der Waals surface area contributed by atoms with E-state index in [4.69, 9.17) is 21.8 Å². The van der Waals surface area contributed by atoms with Crippen molar-refractivity contribution in [3.05, 3.63) is 23.1 Å². The van der Waals surface area contributed by atoms with Gasteiger partial charge in [0.25, 0.3) is 5.91 Å². The molecule has 0 spiro atoms. The van der Waals surface area contributed by atoms with Crippen molar-refractivity contribution in [2.45, 2.75) is 13.0 Å². The molecular weight excluding hydrogens is 227 g/mol. The quantitative estimate of drug-likeness (QED) is 0.838. The summed E-state index contributed by atoms with van der Waals surface area (Å²) in [5.41, 5.74) is 5.33. The molecule has 1 aromatic rings. The van der Waals surface area contributed by atoms with Crippen molar-refractivity contribution in [3.63, 3.8) is 0 Å². The predicted molar refractivity (Wildman–Crippen MR) is 56.9 cm³/mol. The highest BCUT2D eigenvalue weighted by Crippen LogP contribution is 2.12. The number of carbonyl (C=O) groups is 1. The van der Waals surface area contributed by atoms with E-state index < -0.39 is 0 Å². The van der Waals surface area contributed by atoms with Crippen molar-refractivity contribution in [1.82, 2.24) is 5.32 Å². The second kappa shape index (κ2) is 5.90. The van der Waals surface area contributed by atoms with Crippen LogP contribution < -0.4 is 11.1 Å². The topological polar surface area (TPSA) is 68.3 Å². The zero-order chi connectivity index (χ0) is 9.84. The lowest BCUT2D eigenvalue weighted by Gasteiger charge is -2.08. The van der Waals surface area contributed by atoms with Gasteiger partial charge < -0.3 is 15.5 Å². The Morgan fingerprint density at radius 1 is 1.71 bits per heavy atom. The number of carbonyl (C=O) groups excluding carboxylic acids is 1. The van der Waals surface area contributed by atoms with Crippen LogP contribution in [0.3, 0.4) is 0 Å². The van der Waals surface area contributed by atoms with Crippen molar-refractivity contribution in [3.8, 4) is 0 Å². The predicted octanol–water partition coefficient (Wildman–Crippen LogP) is 1.43. The normalized spacial score (nSPS) is 11.6. The summed E-state index contributed by atoms with van der Waals surface area (Å²) in [6.07, 6.45) is 0. The molecule has 0 aliphatic heterocycles. The Morgan fingerprint density at radius 2 is 2.36 bits per heavy atom. The number of hydrogen-bond donors (Lipinski definition) is 2. The van der Waals surface area contributed by atoms with E-state index >= 15 is 0 Å². The lowest BCUT2D eigenvalue weighted by atomic mass is 10.3. The van der Waals surface area contributed by atoms with Crippen LogP contribution in [0.2, 0.25) is 5.22 Å². The average Bonchev–Trinajstić information content (AvgIpc) is 2.51. The van der Waals surface area contributed by atoms with Crippen LogP contribution in [-0.4, -0.2) is 18.5 Å². The van der Waals surface area contributed by atoms with E-state index in [2.05, 4.69) is 5.32 Å². The first-order chi connectivity index (χ1) is 6.13. The molecule has 1 amide bonds. The SMILES string of the molecule is C[C@H](CN)NC(=O)c1ccc(Cl)o1.Cl. The van der Waals surface area contributed by atoms with E-state index in [0.29, 0.717) is 6.54 Å². The second-order valence-corrected chi connectivity index (χ2v) is 3.09. The number of furan rings is 1. The maximum atomic E-state index is 11.3. The molecule has 1 rings (SSSR count). The Bertz CT molecular complexity index is 301. The number of nitrogens with one attached hydrogen (secondary N) is 1. The molecule has 0 bridgehead atoms. The van der Waals surface area contributed by atoms with Crippen molar-refractivity contribution in [2.75, 3.05) is 6.54 Å². The number of nitrogens with two attached hydrogens (primary N) is 1. The molecule has 1 aromatic heterocycles. The summed E-state index contributed by atoms with van der Waals surface area (Å²) in [5.74, 6) is -0.102. The van der Waals surface area contributed by atoms with E-state index in [1.807, 2.05) is 6.92 Å². The minimum Gasteiger partial charge on any atom is -0.440 e. The molecule has 80 valence electrons. The molecule has 3 N–H and O–H groups in total. The highest BCUT2D eigenvalue weighted by atomic mass is 35.5. The van der Waals surface area contributed by atoms with Gasteiger partial charge in [0, 0.05) is 12.6 Å². The van der Waals surface area contributed by atoms with E-state index in [1.54, 1.807) is 0 Å². The number of halogens is 2. The van der Waals surface area contributed by atoms with Crippen molar-refractivity contribution < 1.29 is 9.21 Å². The van der Waals surface area contributed by atoms with Gasteiger partial charge in [-0.1, -0.05) is 0 Å². The third-order valence-electron chi connectivity index (χ3n) is 1.53. The zero-order valence-corrected chi connectivity index (χ0v) is 9.19. The summed E-state index contributed by atoms with van der Waals surface area (Å²) in [6, 6.07) is 2.96. The molecule has 0 aliphatic carbocycles. The molecule has 0 radical (unpaired) electrons. The Hall–Kier alpha value is -0.710. The number of hydrogen-bond acceptors (Lipinski definition) is 3. The van der Waals surface area contributed by atoms with Crippen LogP contribution in [0.5, 0.6) is 0 Å². The minimum absolute atomic E-state index is 0. The summed E-state index contributed by atoms with van der Waals surface area (Å²) in [7, 11) is 0. The van der Waals surface area contributed by atoms with Gasteiger partial charge in [0.15, 0.2) is 11.0 Å². The summed E-state index contributed by atoms with van der Waals surface area (Å²) in [5, 5.41) is 2.84. The summed E-state index contributed by atoms with van der Waals surface area (Å²) in [6.45, 7) is 2.20. The molecule has 1 heterocycles. The molecule has 14 heavy (non-hydrogen) atoms. The van der Waals surface area contributed by atoms with Crippen LogP contribution in [-0.2, 0) is 0 Å². The zero-order valence-electron chi connectivity index (χ0n) is 7.62. The smallest absolute Gasteiger partial charge is 0.287 e. The maximum Gasteiger partial charge on any atom is 0.287 e. The first-order valence-electron chi connectivity index (χ1n) is 3.89. The molecule has 4 nitrogen and oxygen atoms in total. The van der Waals surface area contributed by atoms with Gasteiger partial charge in [-0.3, -0.25) is 4.79 Å². The second-order valence-electron chi connectivity index (χ2n) is 2.71. The molecule has 0 fully saturated rings. The third kappa shape index (κ3) is 3.57. The lowest BCUT2D eigenvalue weighted by Crippen LogP contribution is -2.37. The summed E-state index contributed by atoms with van der Waals surface area (Å²) >= 11 is 5.50. The van der Waals surface area contributed by atoms with Gasteiger partial charge in [0.1, 0.15) is 0 Å². The fraction of sp³-hybridized carbons (Fsp3) is 0.375. The van der Waals surface area contributed by atoms with Gasteiger partial charge in [0.2, 0.25) is 0 Å². The molecule has 0 saturated heterocycles. The monoisotopic (exact) mass is 238 g/mol. The molecule has 0 aromatic carbocycles. The van der Waals surface area contributed by atoms with E-state index in [9.17, 15) is 4.79 Å². The Kier molecular flexibility index (Phi) is 5.60. The Morgan fingerprint density at radius 3 is 2.79 bits per heavy atom. The maximum absolute atomic E-state index is 11.3. The van der Waals surface area contributed by atoms with Gasteiger partial charge in [-0.25, -0.2) is 0 Å². The van der Waals surface area contributed by atoms with E-state index in [1.165, 1.54) is 12.1 Å². The van der Waals surface area contributed by atoms with Crippen LogP contribution in [0.4, 0.5) is 0 Å². The van der Waals surface area contributed by atoms with Crippen LogP contribution in [0.25, 0.3) is 0 Å². The standard InChI is InChI=1S/C8H11ClN2O2.ClH/c1-5(4-10)11-8(12)6-2-3-7(9)13-6;/h2-3,5H,4,10H2,1H3,(H,11,12);1H/t5-;/m1./s1. The first kappa shape index (κ1) is 13.3. The van der Waals surface area contributed by atoms with Crippen LogP contribution >= 0.6 is 24.0 Å². The van der Waals surface area contributed by atoms with Crippen molar-refractivity contribution >= 4 is 29.9 Å². The lowest BCUT2D eigenvalue weighted by molar-refractivity contribution is 0.0913. The minimum atomic E-state index is -0.301. The molecule has 0 saturated carbocycles.